The Morgan fingerprint density at radius 2 is 1.92 bits per heavy atom. The van der Waals surface area contributed by atoms with Crippen molar-refractivity contribution < 1.29 is 13.6 Å². The second-order valence-corrected chi connectivity index (χ2v) is 7.20. The van der Waals surface area contributed by atoms with E-state index in [2.05, 4.69) is 5.10 Å². The van der Waals surface area contributed by atoms with Gasteiger partial charge in [0, 0.05) is 18.7 Å². The lowest BCUT2D eigenvalue weighted by molar-refractivity contribution is 0.0391. The fourth-order valence-corrected chi connectivity index (χ4v) is 4.39. The molecule has 2 atom stereocenters. The summed E-state index contributed by atoms with van der Waals surface area (Å²) in [5, 5.41) is 4.05. The molecule has 7 heteroatoms. The van der Waals surface area contributed by atoms with E-state index in [4.69, 9.17) is 5.73 Å². The van der Waals surface area contributed by atoms with Gasteiger partial charge in [-0.1, -0.05) is 12.8 Å². The van der Waals surface area contributed by atoms with Crippen molar-refractivity contribution in [3.05, 3.63) is 41.6 Å². The Labute approximate surface area is 150 Å². The maximum absolute atomic E-state index is 14.0. The summed E-state index contributed by atoms with van der Waals surface area (Å²) < 4.78 is 28.6. The molecule has 2 aliphatic rings. The van der Waals surface area contributed by atoms with Crippen LogP contribution in [0.4, 0.5) is 14.6 Å². The predicted molar refractivity (Wildman–Crippen MR) is 93.9 cm³/mol. The van der Waals surface area contributed by atoms with Crippen LogP contribution in [-0.4, -0.2) is 33.2 Å². The largest absolute Gasteiger partial charge is 0.383 e. The average Bonchev–Trinajstić information content (AvgIpc) is 3.04. The van der Waals surface area contributed by atoms with Crippen molar-refractivity contribution in [2.24, 2.45) is 5.92 Å². The normalized spacial score (nSPS) is 22.9. The van der Waals surface area contributed by atoms with E-state index in [0.717, 1.165) is 55.0 Å². The van der Waals surface area contributed by atoms with Gasteiger partial charge in [0.15, 0.2) is 0 Å². The number of carbonyl (C=O) groups is 1. The molecule has 2 fully saturated rings. The second-order valence-electron chi connectivity index (χ2n) is 7.20. The predicted octanol–water partition coefficient (Wildman–Crippen LogP) is 3.53. The van der Waals surface area contributed by atoms with Crippen LogP contribution in [0.15, 0.2) is 24.4 Å². The maximum Gasteiger partial charge on any atom is 0.259 e. The van der Waals surface area contributed by atoms with Gasteiger partial charge in [-0.2, -0.15) is 5.10 Å². The molecule has 5 nitrogen and oxygen atoms in total. The van der Waals surface area contributed by atoms with Crippen molar-refractivity contribution in [2.75, 3.05) is 12.3 Å². The van der Waals surface area contributed by atoms with Crippen molar-refractivity contribution in [1.82, 2.24) is 14.7 Å². The number of likely N-dealkylation sites (tertiary alicyclic amines) is 1. The molecule has 1 aliphatic carbocycles. The van der Waals surface area contributed by atoms with Crippen LogP contribution in [-0.2, 0) is 0 Å². The quantitative estimate of drug-likeness (QED) is 0.891. The van der Waals surface area contributed by atoms with Gasteiger partial charge in [-0.15, -0.1) is 0 Å². The summed E-state index contributed by atoms with van der Waals surface area (Å²) in [5.74, 6) is -0.811. The van der Waals surface area contributed by atoms with Crippen LogP contribution < -0.4 is 5.73 Å². The Morgan fingerprint density at radius 3 is 2.77 bits per heavy atom. The van der Waals surface area contributed by atoms with Gasteiger partial charge >= 0.3 is 0 Å². The summed E-state index contributed by atoms with van der Waals surface area (Å²) in [7, 11) is 0. The molecule has 2 heterocycles. The number of piperidine rings is 1. The minimum atomic E-state index is -0.648. The molecule has 2 N–H and O–H groups in total. The van der Waals surface area contributed by atoms with E-state index >= 15 is 0 Å². The molecule has 0 bridgehead atoms. The molecule has 1 amide bonds. The number of hydrogen-bond donors (Lipinski definition) is 1. The third-order valence-electron chi connectivity index (χ3n) is 5.68. The minimum absolute atomic E-state index is 0.0393. The molecule has 1 aromatic carbocycles. The lowest BCUT2D eigenvalue weighted by Gasteiger charge is -2.44. The second kappa shape index (κ2) is 6.70. The fourth-order valence-electron chi connectivity index (χ4n) is 4.39. The van der Waals surface area contributed by atoms with Crippen LogP contribution in [0.2, 0.25) is 0 Å². The summed E-state index contributed by atoms with van der Waals surface area (Å²) in [5.41, 5.74) is 6.24. The number of aromatic nitrogens is 2. The van der Waals surface area contributed by atoms with Crippen LogP contribution in [0.5, 0.6) is 0 Å². The van der Waals surface area contributed by atoms with Crippen LogP contribution in [0, 0.1) is 17.6 Å². The highest BCUT2D eigenvalue weighted by molar-refractivity contribution is 5.98. The van der Waals surface area contributed by atoms with Crippen molar-refractivity contribution in [1.29, 1.82) is 0 Å². The number of benzene rings is 1. The fraction of sp³-hybridized carbons (Fsp3) is 0.474. The lowest BCUT2D eigenvalue weighted by atomic mass is 9.78. The van der Waals surface area contributed by atoms with E-state index in [1.165, 1.54) is 12.6 Å². The summed E-state index contributed by atoms with van der Waals surface area (Å²) in [4.78, 5) is 15.0. The Morgan fingerprint density at radius 1 is 1.15 bits per heavy atom. The maximum atomic E-state index is 14.0. The first kappa shape index (κ1) is 17.0. The van der Waals surface area contributed by atoms with Crippen LogP contribution >= 0.6 is 0 Å². The SMILES string of the molecule is Nc1c(C(=O)N2CCCC3CCCCC32)cnn1-c1cc(F)ccc1F. The summed E-state index contributed by atoms with van der Waals surface area (Å²) in [6.45, 7) is 0.707. The molecule has 0 spiro atoms. The van der Waals surface area contributed by atoms with Crippen molar-refractivity contribution in [3.63, 3.8) is 0 Å². The zero-order valence-corrected chi connectivity index (χ0v) is 14.5. The number of fused-ring (bicyclic) bond motifs is 1. The van der Waals surface area contributed by atoms with Gasteiger partial charge < -0.3 is 10.6 Å². The number of halogens is 2. The molecule has 1 aromatic heterocycles. The van der Waals surface area contributed by atoms with Gasteiger partial charge in [-0.3, -0.25) is 4.79 Å². The summed E-state index contributed by atoms with van der Waals surface area (Å²) in [6.07, 6.45) is 8.04. The molecule has 138 valence electrons. The molecule has 2 aromatic rings. The Kier molecular flexibility index (Phi) is 4.38. The first-order chi connectivity index (χ1) is 12.6. The Hall–Kier alpha value is -2.44. The number of rotatable bonds is 2. The Bertz CT molecular complexity index is 833. The van der Waals surface area contributed by atoms with Gasteiger partial charge in [-0.05, 0) is 43.7 Å². The molecular weight excluding hydrogens is 338 g/mol. The zero-order valence-electron chi connectivity index (χ0n) is 14.5. The van der Waals surface area contributed by atoms with Gasteiger partial charge in [0.05, 0.1) is 6.20 Å². The number of nitrogen functional groups attached to an aromatic ring is 1. The first-order valence-electron chi connectivity index (χ1n) is 9.16. The molecule has 4 rings (SSSR count). The highest BCUT2D eigenvalue weighted by atomic mass is 19.1. The van der Waals surface area contributed by atoms with Crippen LogP contribution in [0.3, 0.4) is 0 Å². The highest BCUT2D eigenvalue weighted by Crippen LogP contribution is 2.36. The van der Waals surface area contributed by atoms with Crippen molar-refractivity contribution in [3.8, 4) is 5.69 Å². The smallest absolute Gasteiger partial charge is 0.259 e. The van der Waals surface area contributed by atoms with E-state index in [-0.39, 0.29) is 29.0 Å². The van der Waals surface area contributed by atoms with Gasteiger partial charge in [0.1, 0.15) is 28.7 Å². The molecule has 2 unspecified atom stereocenters. The number of nitrogens with zero attached hydrogens (tertiary/aromatic N) is 3. The van der Waals surface area contributed by atoms with Crippen molar-refractivity contribution in [2.45, 2.75) is 44.6 Å². The molecule has 0 radical (unpaired) electrons. The van der Waals surface area contributed by atoms with E-state index in [1.54, 1.807) is 0 Å². The molecule has 1 aliphatic heterocycles. The molecular formula is C19H22F2N4O. The summed E-state index contributed by atoms with van der Waals surface area (Å²) >= 11 is 0. The first-order valence-corrected chi connectivity index (χ1v) is 9.16. The van der Waals surface area contributed by atoms with E-state index in [0.29, 0.717) is 12.5 Å². The third kappa shape index (κ3) is 2.85. The van der Waals surface area contributed by atoms with Crippen molar-refractivity contribution >= 4 is 11.7 Å². The number of nitrogens with two attached hydrogens (primary N) is 1. The van der Waals surface area contributed by atoms with Gasteiger partial charge in [-0.25, -0.2) is 13.5 Å². The topological polar surface area (TPSA) is 64.2 Å². The van der Waals surface area contributed by atoms with Crippen LogP contribution in [0.1, 0.15) is 48.9 Å². The van der Waals surface area contributed by atoms with E-state index in [1.807, 2.05) is 4.90 Å². The number of carbonyl (C=O) groups excluding carboxylic acids is 1. The highest BCUT2D eigenvalue weighted by Gasteiger charge is 2.37. The average molecular weight is 360 g/mol. The van der Waals surface area contributed by atoms with Gasteiger partial charge in [0.2, 0.25) is 0 Å². The minimum Gasteiger partial charge on any atom is -0.383 e. The molecule has 1 saturated carbocycles. The van der Waals surface area contributed by atoms with Crippen LogP contribution in [0.25, 0.3) is 5.69 Å². The van der Waals surface area contributed by atoms with Gasteiger partial charge in [0.25, 0.3) is 5.91 Å². The molecule has 1 saturated heterocycles. The third-order valence-corrected chi connectivity index (χ3v) is 5.68. The monoisotopic (exact) mass is 360 g/mol. The summed E-state index contributed by atoms with van der Waals surface area (Å²) in [6, 6.07) is 3.32. The number of amides is 1. The van der Waals surface area contributed by atoms with E-state index < -0.39 is 11.6 Å². The molecule has 26 heavy (non-hydrogen) atoms. The van der Waals surface area contributed by atoms with E-state index in [9.17, 15) is 13.6 Å². The lowest BCUT2D eigenvalue weighted by Crippen LogP contribution is -2.49. The Balaban J connectivity index is 1.65. The standard InChI is InChI=1S/C19H22F2N4O/c20-13-7-8-15(21)17(10-13)25-18(22)14(11-23-25)19(26)24-9-3-5-12-4-1-2-6-16(12)24/h7-8,10-12,16H,1-6,9,22H2. The zero-order chi connectivity index (χ0) is 18.3. The number of hydrogen-bond acceptors (Lipinski definition) is 3. The number of anilines is 1.